The highest BCUT2D eigenvalue weighted by atomic mass is 19.1. The van der Waals surface area contributed by atoms with Gasteiger partial charge in [-0.15, -0.1) is 0 Å². The van der Waals surface area contributed by atoms with E-state index in [0.717, 1.165) is 17.7 Å². The number of aromatic nitrogens is 2. The molecule has 25 heavy (non-hydrogen) atoms. The van der Waals surface area contributed by atoms with Crippen molar-refractivity contribution in [2.24, 2.45) is 0 Å². The maximum atomic E-state index is 12.9. The maximum absolute atomic E-state index is 12.9. The van der Waals surface area contributed by atoms with E-state index in [0.29, 0.717) is 11.5 Å². The molecule has 5 nitrogen and oxygen atoms in total. The molecule has 0 saturated heterocycles. The van der Waals surface area contributed by atoms with Crippen molar-refractivity contribution in [3.05, 3.63) is 78.0 Å². The van der Waals surface area contributed by atoms with Crippen molar-refractivity contribution < 1.29 is 9.18 Å². The van der Waals surface area contributed by atoms with Crippen molar-refractivity contribution in [2.75, 3.05) is 10.6 Å². The molecule has 0 radical (unpaired) electrons. The predicted molar refractivity (Wildman–Crippen MR) is 95.5 cm³/mol. The third kappa shape index (κ3) is 4.17. The minimum absolute atomic E-state index is 0.218. The molecule has 0 saturated carbocycles. The first-order chi connectivity index (χ1) is 12.2. The largest absolute Gasteiger partial charge is 0.339 e. The van der Waals surface area contributed by atoms with Crippen LogP contribution in [0.15, 0.2) is 60.9 Å². The quantitative estimate of drug-likeness (QED) is 0.734. The van der Waals surface area contributed by atoms with Crippen LogP contribution in [-0.2, 0) is 6.42 Å². The molecule has 3 aromatic rings. The Morgan fingerprint density at radius 1 is 1.04 bits per heavy atom. The normalized spacial score (nSPS) is 10.3. The van der Waals surface area contributed by atoms with Gasteiger partial charge in [-0.2, -0.15) is 0 Å². The Morgan fingerprint density at radius 2 is 1.80 bits per heavy atom. The second-order valence-corrected chi connectivity index (χ2v) is 5.38. The third-order valence-electron chi connectivity index (χ3n) is 3.65. The first-order valence-corrected chi connectivity index (χ1v) is 7.89. The van der Waals surface area contributed by atoms with Gasteiger partial charge in [0.25, 0.3) is 5.91 Å². The number of carbonyl (C=O) groups excluding carboxylic acids is 1. The summed E-state index contributed by atoms with van der Waals surface area (Å²) in [6.07, 6.45) is 3.68. The van der Waals surface area contributed by atoms with Crippen LogP contribution in [-0.4, -0.2) is 15.9 Å². The molecule has 0 spiro atoms. The van der Waals surface area contributed by atoms with Crippen molar-refractivity contribution in [3.8, 4) is 0 Å². The summed E-state index contributed by atoms with van der Waals surface area (Å²) in [7, 11) is 0. The lowest BCUT2D eigenvalue weighted by Gasteiger charge is -2.09. The molecular formula is C19H17FN4O. The lowest BCUT2D eigenvalue weighted by atomic mass is 10.1. The second-order valence-electron chi connectivity index (χ2n) is 5.38. The third-order valence-corrected chi connectivity index (χ3v) is 3.65. The molecule has 2 N–H and O–H groups in total. The zero-order chi connectivity index (χ0) is 17.6. The summed E-state index contributed by atoms with van der Waals surface area (Å²) in [5, 5.41) is 5.84. The number of benzene rings is 2. The minimum Gasteiger partial charge on any atom is -0.339 e. The monoisotopic (exact) mass is 336 g/mol. The summed E-state index contributed by atoms with van der Waals surface area (Å²) in [6, 6.07) is 13.5. The molecular weight excluding hydrogens is 319 g/mol. The average molecular weight is 336 g/mol. The molecule has 0 unspecified atom stereocenters. The highest BCUT2D eigenvalue weighted by Crippen LogP contribution is 2.17. The van der Waals surface area contributed by atoms with Gasteiger partial charge in [0, 0.05) is 11.4 Å². The topological polar surface area (TPSA) is 66.9 Å². The molecule has 6 heteroatoms. The smallest absolute Gasteiger partial charge is 0.275 e. The van der Waals surface area contributed by atoms with Gasteiger partial charge in [0.2, 0.25) is 0 Å². The predicted octanol–water partition coefficient (Wildman–Crippen LogP) is 4.17. The van der Waals surface area contributed by atoms with Crippen molar-refractivity contribution in [3.63, 3.8) is 0 Å². The van der Waals surface area contributed by atoms with E-state index >= 15 is 0 Å². The van der Waals surface area contributed by atoms with Gasteiger partial charge in [-0.05, 0) is 42.3 Å². The number of carbonyl (C=O) groups is 1. The van der Waals surface area contributed by atoms with Crippen LogP contribution in [0.5, 0.6) is 0 Å². The van der Waals surface area contributed by atoms with Crippen LogP contribution in [0.1, 0.15) is 23.0 Å². The number of rotatable bonds is 5. The number of hydrogen-bond donors (Lipinski definition) is 2. The van der Waals surface area contributed by atoms with Gasteiger partial charge in [-0.3, -0.25) is 4.79 Å². The number of halogens is 1. The fraction of sp³-hybridized carbons (Fsp3) is 0.105. The number of nitrogens with one attached hydrogen (secondary N) is 2. The molecule has 0 fully saturated rings. The summed E-state index contributed by atoms with van der Waals surface area (Å²) in [6.45, 7) is 2.03. The molecule has 0 bridgehead atoms. The molecule has 1 amide bonds. The molecule has 3 rings (SSSR count). The van der Waals surface area contributed by atoms with Gasteiger partial charge < -0.3 is 10.6 Å². The maximum Gasteiger partial charge on any atom is 0.275 e. The fourth-order valence-corrected chi connectivity index (χ4v) is 2.33. The molecule has 0 aliphatic heterocycles. The van der Waals surface area contributed by atoms with Crippen molar-refractivity contribution in [1.29, 1.82) is 0 Å². The molecule has 126 valence electrons. The van der Waals surface area contributed by atoms with Crippen LogP contribution in [0.25, 0.3) is 0 Å². The number of aryl methyl sites for hydroxylation is 1. The van der Waals surface area contributed by atoms with E-state index in [-0.39, 0.29) is 17.4 Å². The lowest BCUT2D eigenvalue weighted by Crippen LogP contribution is -2.15. The zero-order valence-electron chi connectivity index (χ0n) is 13.7. The molecule has 0 aliphatic carbocycles. The molecule has 1 heterocycles. The van der Waals surface area contributed by atoms with Crippen LogP contribution in [0.2, 0.25) is 0 Å². The average Bonchev–Trinajstić information content (AvgIpc) is 2.64. The van der Waals surface area contributed by atoms with Gasteiger partial charge in [0.1, 0.15) is 17.3 Å². The minimum atomic E-state index is -0.318. The Hall–Kier alpha value is -3.28. The van der Waals surface area contributed by atoms with Crippen molar-refractivity contribution in [2.45, 2.75) is 13.3 Å². The van der Waals surface area contributed by atoms with E-state index < -0.39 is 0 Å². The molecule has 0 atom stereocenters. The first-order valence-electron chi connectivity index (χ1n) is 7.89. The standard InChI is InChI=1S/C19H17FN4O/c1-2-13-5-3-4-6-16(13)24-19(25)17-11-22-18(12-21-17)23-15-9-7-14(20)8-10-15/h3-12H,2H2,1H3,(H,22,23)(H,24,25). The van der Waals surface area contributed by atoms with Gasteiger partial charge in [-0.25, -0.2) is 14.4 Å². The summed E-state index contributed by atoms with van der Waals surface area (Å²) < 4.78 is 12.9. The van der Waals surface area contributed by atoms with Gasteiger partial charge in [-0.1, -0.05) is 25.1 Å². The SMILES string of the molecule is CCc1ccccc1NC(=O)c1cnc(Nc2ccc(F)cc2)cn1. The van der Waals surface area contributed by atoms with E-state index in [4.69, 9.17) is 0 Å². The summed E-state index contributed by atoms with van der Waals surface area (Å²) in [5.41, 5.74) is 2.73. The van der Waals surface area contributed by atoms with Gasteiger partial charge in [0.05, 0.1) is 12.4 Å². The van der Waals surface area contributed by atoms with Crippen LogP contribution in [0.3, 0.4) is 0 Å². The first kappa shape index (κ1) is 16.6. The van der Waals surface area contributed by atoms with Gasteiger partial charge in [0.15, 0.2) is 0 Å². The number of anilines is 3. The number of nitrogens with zero attached hydrogens (tertiary/aromatic N) is 2. The van der Waals surface area contributed by atoms with E-state index in [1.165, 1.54) is 24.5 Å². The summed E-state index contributed by atoms with van der Waals surface area (Å²) in [5.74, 6) is -0.158. The van der Waals surface area contributed by atoms with E-state index in [1.54, 1.807) is 12.1 Å². The Morgan fingerprint density at radius 3 is 2.48 bits per heavy atom. The van der Waals surface area contributed by atoms with Crippen molar-refractivity contribution in [1.82, 2.24) is 9.97 Å². The lowest BCUT2D eigenvalue weighted by molar-refractivity contribution is 0.102. The second kappa shape index (κ2) is 7.53. The van der Waals surface area contributed by atoms with Crippen LogP contribution < -0.4 is 10.6 Å². The van der Waals surface area contributed by atoms with Crippen molar-refractivity contribution >= 4 is 23.1 Å². The Bertz CT molecular complexity index is 863. The summed E-state index contributed by atoms with van der Waals surface area (Å²) in [4.78, 5) is 20.6. The number of para-hydroxylation sites is 1. The molecule has 0 aliphatic rings. The van der Waals surface area contributed by atoms with Gasteiger partial charge >= 0.3 is 0 Å². The zero-order valence-corrected chi connectivity index (χ0v) is 13.7. The number of amides is 1. The molecule has 2 aromatic carbocycles. The van der Waals surface area contributed by atoms with E-state index in [2.05, 4.69) is 20.6 Å². The summed E-state index contributed by atoms with van der Waals surface area (Å²) >= 11 is 0. The van der Waals surface area contributed by atoms with E-state index in [1.807, 2.05) is 31.2 Å². The van der Waals surface area contributed by atoms with Crippen LogP contribution in [0.4, 0.5) is 21.6 Å². The Labute approximate surface area is 145 Å². The van der Waals surface area contributed by atoms with Crippen LogP contribution >= 0.6 is 0 Å². The Balaban J connectivity index is 1.69. The van der Waals surface area contributed by atoms with Crippen LogP contribution in [0, 0.1) is 5.82 Å². The molecule has 1 aromatic heterocycles. The highest BCUT2D eigenvalue weighted by molar-refractivity contribution is 6.03. The Kier molecular flexibility index (Phi) is 4.99. The highest BCUT2D eigenvalue weighted by Gasteiger charge is 2.10. The van der Waals surface area contributed by atoms with E-state index in [9.17, 15) is 9.18 Å². The fourth-order valence-electron chi connectivity index (χ4n) is 2.33. The number of hydrogen-bond acceptors (Lipinski definition) is 4.